The Bertz CT molecular complexity index is 296. The third-order valence-electron chi connectivity index (χ3n) is 1.42. The quantitative estimate of drug-likeness (QED) is 0.672. The van der Waals surface area contributed by atoms with Gasteiger partial charge in [-0.05, 0) is 19.1 Å². The molecule has 1 aromatic rings. The van der Waals surface area contributed by atoms with Crippen molar-refractivity contribution in [2.45, 2.75) is 6.92 Å². The van der Waals surface area contributed by atoms with E-state index in [0.29, 0.717) is 6.54 Å². The van der Waals surface area contributed by atoms with Crippen molar-refractivity contribution in [1.29, 1.82) is 0 Å². The van der Waals surface area contributed by atoms with Crippen LogP contribution in [0.25, 0.3) is 0 Å². The van der Waals surface area contributed by atoms with E-state index in [4.69, 9.17) is 0 Å². The summed E-state index contributed by atoms with van der Waals surface area (Å²) in [5.41, 5.74) is 0.152. The Kier molecular flexibility index (Phi) is 2.80. The molecule has 0 amide bonds. The van der Waals surface area contributed by atoms with Crippen LogP contribution in [0.3, 0.4) is 0 Å². The largest absolute Gasteiger partial charge is 0.507 e. The topological polar surface area (TPSA) is 32.6 Å². The smallest absolute Gasteiger partial charge is 0.219 e. The van der Waals surface area contributed by atoms with Crippen LogP contribution in [0.4, 0.5) is 4.39 Å². The summed E-state index contributed by atoms with van der Waals surface area (Å²) in [6.45, 7) is 2.11. The number of benzene rings is 1. The van der Waals surface area contributed by atoms with Crippen molar-refractivity contribution in [2.75, 3.05) is 6.54 Å². The van der Waals surface area contributed by atoms with E-state index in [-0.39, 0.29) is 11.3 Å². The minimum atomic E-state index is -0.615. The second-order valence-corrected chi connectivity index (χ2v) is 2.28. The maximum absolute atomic E-state index is 13.0. The summed E-state index contributed by atoms with van der Waals surface area (Å²) in [6, 6.07) is 6.21. The molecule has 0 bridgehead atoms. The molecule has 0 aliphatic rings. The molecule has 0 spiro atoms. The average molecular weight is 167 g/mol. The first-order valence-corrected chi connectivity index (χ1v) is 3.74. The molecule has 2 nitrogen and oxygen atoms in total. The van der Waals surface area contributed by atoms with Crippen LogP contribution in [0, 0.1) is 0 Å². The minimum absolute atomic E-state index is 0.0767. The van der Waals surface area contributed by atoms with Crippen LogP contribution >= 0.6 is 0 Å². The van der Waals surface area contributed by atoms with E-state index in [1.807, 2.05) is 0 Å². The summed E-state index contributed by atoms with van der Waals surface area (Å²) in [7, 11) is 0. The summed E-state index contributed by atoms with van der Waals surface area (Å²) in [5, 5.41) is 9.19. The third-order valence-corrected chi connectivity index (χ3v) is 1.42. The van der Waals surface area contributed by atoms with Crippen molar-refractivity contribution in [3.8, 4) is 5.75 Å². The van der Waals surface area contributed by atoms with Crippen LogP contribution in [0.1, 0.15) is 12.5 Å². The highest BCUT2D eigenvalue weighted by Gasteiger charge is 2.05. The molecule has 0 aliphatic heterocycles. The van der Waals surface area contributed by atoms with Crippen molar-refractivity contribution < 1.29 is 9.50 Å². The molecular formula is C9H10FNO. The van der Waals surface area contributed by atoms with Crippen LogP contribution in [0.15, 0.2) is 29.3 Å². The molecule has 0 aliphatic carbocycles. The van der Waals surface area contributed by atoms with Gasteiger partial charge in [0.05, 0.1) is 5.56 Å². The van der Waals surface area contributed by atoms with Gasteiger partial charge in [-0.2, -0.15) is 4.39 Å². The molecule has 0 saturated carbocycles. The highest BCUT2D eigenvalue weighted by Crippen LogP contribution is 2.16. The minimum Gasteiger partial charge on any atom is -0.507 e. The van der Waals surface area contributed by atoms with Gasteiger partial charge in [0.1, 0.15) is 5.75 Å². The Morgan fingerprint density at radius 1 is 1.50 bits per heavy atom. The first kappa shape index (κ1) is 8.71. The van der Waals surface area contributed by atoms with Crippen molar-refractivity contribution >= 4 is 5.97 Å². The molecule has 0 unspecified atom stereocenters. The molecule has 0 saturated heterocycles. The normalized spacial score (nSPS) is 11.7. The zero-order valence-electron chi connectivity index (χ0n) is 6.79. The van der Waals surface area contributed by atoms with E-state index >= 15 is 0 Å². The highest BCUT2D eigenvalue weighted by molar-refractivity contribution is 5.95. The molecule has 12 heavy (non-hydrogen) atoms. The van der Waals surface area contributed by atoms with E-state index in [1.165, 1.54) is 12.1 Å². The molecule has 0 radical (unpaired) electrons. The molecule has 0 atom stereocenters. The maximum Gasteiger partial charge on any atom is 0.219 e. The van der Waals surface area contributed by atoms with E-state index < -0.39 is 5.97 Å². The molecule has 0 aromatic heterocycles. The fourth-order valence-corrected chi connectivity index (χ4v) is 0.872. The van der Waals surface area contributed by atoms with Crippen LogP contribution in [0.2, 0.25) is 0 Å². The van der Waals surface area contributed by atoms with Gasteiger partial charge in [0.25, 0.3) is 0 Å². The molecule has 0 fully saturated rings. The average Bonchev–Trinajstić information content (AvgIpc) is 2.05. The van der Waals surface area contributed by atoms with Crippen molar-refractivity contribution in [2.24, 2.45) is 4.99 Å². The van der Waals surface area contributed by atoms with Gasteiger partial charge >= 0.3 is 0 Å². The predicted octanol–water partition coefficient (Wildman–Crippen LogP) is 2.13. The van der Waals surface area contributed by atoms with Crippen molar-refractivity contribution in [3.05, 3.63) is 29.8 Å². The van der Waals surface area contributed by atoms with Crippen LogP contribution < -0.4 is 0 Å². The molecule has 3 heteroatoms. The number of para-hydroxylation sites is 1. The Balaban J connectivity index is 3.02. The molecule has 1 rings (SSSR count). The second-order valence-electron chi connectivity index (χ2n) is 2.28. The van der Waals surface area contributed by atoms with Gasteiger partial charge in [0, 0.05) is 6.54 Å². The molecular weight excluding hydrogens is 157 g/mol. The van der Waals surface area contributed by atoms with E-state index in [2.05, 4.69) is 4.99 Å². The zero-order valence-corrected chi connectivity index (χ0v) is 6.79. The van der Waals surface area contributed by atoms with Crippen LogP contribution in [0.5, 0.6) is 5.75 Å². The highest BCUT2D eigenvalue weighted by atomic mass is 19.1. The Morgan fingerprint density at radius 2 is 2.17 bits per heavy atom. The Labute approximate surface area is 70.4 Å². The SMILES string of the molecule is CCN=C(F)c1ccccc1O. The molecule has 64 valence electrons. The second kappa shape index (κ2) is 3.85. The van der Waals surface area contributed by atoms with E-state index in [0.717, 1.165) is 0 Å². The first-order chi connectivity index (χ1) is 5.75. The Hall–Kier alpha value is -1.38. The number of aliphatic imine (C=N–C) groups is 1. The predicted molar refractivity (Wildman–Crippen MR) is 46.3 cm³/mol. The van der Waals surface area contributed by atoms with Crippen molar-refractivity contribution in [1.82, 2.24) is 0 Å². The fourth-order valence-electron chi connectivity index (χ4n) is 0.872. The number of aromatic hydroxyl groups is 1. The summed E-state index contributed by atoms with van der Waals surface area (Å²) in [6.07, 6.45) is 0. The number of rotatable bonds is 2. The lowest BCUT2D eigenvalue weighted by Crippen LogP contribution is -1.93. The van der Waals surface area contributed by atoms with Crippen molar-refractivity contribution in [3.63, 3.8) is 0 Å². The van der Waals surface area contributed by atoms with E-state index in [1.54, 1.807) is 19.1 Å². The number of nitrogens with zero attached hydrogens (tertiary/aromatic N) is 1. The molecule has 0 heterocycles. The van der Waals surface area contributed by atoms with Gasteiger partial charge in [0.2, 0.25) is 5.97 Å². The van der Waals surface area contributed by atoms with Gasteiger partial charge in [0.15, 0.2) is 0 Å². The summed E-state index contributed by atoms with van der Waals surface area (Å²) in [4.78, 5) is 3.55. The molecule has 1 aromatic carbocycles. The summed E-state index contributed by atoms with van der Waals surface area (Å²) < 4.78 is 13.0. The summed E-state index contributed by atoms with van der Waals surface area (Å²) in [5.74, 6) is -0.692. The number of phenolic OH excluding ortho intramolecular Hbond substituents is 1. The lowest BCUT2D eigenvalue weighted by molar-refractivity contribution is 0.473. The fraction of sp³-hybridized carbons (Fsp3) is 0.222. The van der Waals surface area contributed by atoms with Crippen LogP contribution in [-0.4, -0.2) is 17.6 Å². The number of phenols is 1. The first-order valence-electron chi connectivity index (χ1n) is 3.74. The standard InChI is InChI=1S/C9H10FNO/c1-2-11-9(10)7-5-3-4-6-8(7)12/h3-6,12H,2H2,1H3. The molecule has 1 N–H and O–H groups in total. The zero-order chi connectivity index (χ0) is 8.97. The van der Waals surface area contributed by atoms with Gasteiger partial charge in [-0.25, -0.2) is 0 Å². The summed E-state index contributed by atoms with van der Waals surface area (Å²) >= 11 is 0. The van der Waals surface area contributed by atoms with Gasteiger partial charge in [-0.1, -0.05) is 12.1 Å². The van der Waals surface area contributed by atoms with E-state index in [9.17, 15) is 9.50 Å². The number of hydrogen-bond donors (Lipinski definition) is 1. The monoisotopic (exact) mass is 167 g/mol. The number of hydrogen-bond acceptors (Lipinski definition) is 2. The van der Waals surface area contributed by atoms with Gasteiger partial charge in [-0.3, -0.25) is 4.99 Å². The lowest BCUT2D eigenvalue weighted by Gasteiger charge is -1.98. The van der Waals surface area contributed by atoms with Gasteiger partial charge < -0.3 is 5.11 Å². The van der Waals surface area contributed by atoms with Gasteiger partial charge in [-0.15, -0.1) is 0 Å². The van der Waals surface area contributed by atoms with Crippen LogP contribution in [-0.2, 0) is 0 Å². The maximum atomic E-state index is 13.0. The number of halogens is 1. The lowest BCUT2D eigenvalue weighted by atomic mass is 10.2. The Morgan fingerprint density at radius 3 is 2.75 bits per heavy atom. The third kappa shape index (κ3) is 1.81.